The van der Waals surface area contributed by atoms with Gasteiger partial charge in [-0.25, -0.2) is 4.98 Å². The maximum atomic E-state index is 12.6. The van der Waals surface area contributed by atoms with E-state index in [-0.39, 0.29) is 22.4 Å². The number of rotatable bonds is 3. The largest absolute Gasteiger partial charge is 0.417 e. The molecule has 0 saturated carbocycles. The Kier molecular flexibility index (Phi) is 4.61. The second kappa shape index (κ2) is 6.60. The van der Waals surface area contributed by atoms with E-state index in [1.807, 2.05) is 0 Å². The quantitative estimate of drug-likeness (QED) is 0.870. The van der Waals surface area contributed by atoms with Crippen molar-refractivity contribution in [2.45, 2.75) is 18.6 Å². The maximum Gasteiger partial charge on any atom is 0.417 e. The van der Waals surface area contributed by atoms with Crippen LogP contribution in [0.4, 0.5) is 18.9 Å². The van der Waals surface area contributed by atoms with Gasteiger partial charge in [-0.15, -0.1) is 0 Å². The summed E-state index contributed by atoms with van der Waals surface area (Å²) in [6.07, 6.45) is -2.14. The standard InChI is InChI=1S/C15H13ClF3N5O2/c1-23-5-4-9(13(23)25)22-10-7-21-24(14(26)12(10)16)11-3-2-8(6-20-11)15(17,18)19/h2-3,6-7,9,22H,4-5H2,1H3. The van der Waals surface area contributed by atoms with Crippen LogP contribution in [-0.2, 0) is 11.0 Å². The summed E-state index contributed by atoms with van der Waals surface area (Å²) >= 11 is 6.05. The van der Waals surface area contributed by atoms with Gasteiger partial charge in [-0.3, -0.25) is 9.59 Å². The van der Waals surface area contributed by atoms with Crippen molar-refractivity contribution < 1.29 is 18.0 Å². The molecule has 1 atom stereocenters. The Morgan fingerprint density at radius 1 is 1.27 bits per heavy atom. The maximum absolute atomic E-state index is 12.6. The van der Waals surface area contributed by atoms with Crippen molar-refractivity contribution in [3.63, 3.8) is 0 Å². The molecule has 3 heterocycles. The second-order valence-corrected chi connectivity index (χ2v) is 6.12. The van der Waals surface area contributed by atoms with Crippen LogP contribution in [0.15, 0.2) is 29.3 Å². The Balaban J connectivity index is 1.88. The van der Waals surface area contributed by atoms with Crippen LogP contribution in [0, 0.1) is 0 Å². The van der Waals surface area contributed by atoms with Gasteiger partial charge in [-0.05, 0) is 18.6 Å². The molecule has 1 saturated heterocycles. The van der Waals surface area contributed by atoms with Crippen LogP contribution in [0.3, 0.4) is 0 Å². The van der Waals surface area contributed by atoms with Gasteiger partial charge in [0.2, 0.25) is 5.91 Å². The number of halogens is 4. The van der Waals surface area contributed by atoms with Crippen LogP contribution >= 0.6 is 11.6 Å². The number of anilines is 1. The van der Waals surface area contributed by atoms with E-state index in [9.17, 15) is 22.8 Å². The van der Waals surface area contributed by atoms with Crippen molar-refractivity contribution in [3.8, 4) is 5.82 Å². The van der Waals surface area contributed by atoms with E-state index in [1.165, 1.54) is 6.20 Å². The summed E-state index contributed by atoms with van der Waals surface area (Å²) in [4.78, 5) is 29.4. The minimum Gasteiger partial charge on any atom is -0.371 e. The molecule has 11 heteroatoms. The minimum absolute atomic E-state index is 0.104. The molecule has 0 bridgehead atoms. The van der Waals surface area contributed by atoms with Crippen molar-refractivity contribution >= 4 is 23.2 Å². The lowest BCUT2D eigenvalue weighted by Crippen LogP contribution is -2.32. The molecule has 1 fully saturated rings. The highest BCUT2D eigenvalue weighted by atomic mass is 35.5. The highest BCUT2D eigenvalue weighted by molar-refractivity contribution is 6.33. The van der Waals surface area contributed by atoms with Crippen molar-refractivity contribution in [1.29, 1.82) is 0 Å². The number of carbonyl (C=O) groups is 1. The Bertz CT molecular complexity index is 898. The lowest BCUT2D eigenvalue weighted by atomic mass is 10.2. The zero-order valence-electron chi connectivity index (χ0n) is 13.4. The summed E-state index contributed by atoms with van der Waals surface area (Å²) in [5.74, 6) is -0.234. The van der Waals surface area contributed by atoms with E-state index in [0.717, 1.165) is 16.8 Å². The average Bonchev–Trinajstić information content (AvgIpc) is 2.90. The molecule has 26 heavy (non-hydrogen) atoms. The van der Waals surface area contributed by atoms with Crippen LogP contribution < -0.4 is 10.9 Å². The summed E-state index contributed by atoms with van der Waals surface area (Å²) in [6, 6.07) is 1.30. The summed E-state index contributed by atoms with van der Waals surface area (Å²) in [6.45, 7) is 0.577. The number of hydrogen-bond donors (Lipinski definition) is 1. The molecule has 2 aromatic rings. The number of nitrogens with zero attached hydrogens (tertiary/aromatic N) is 4. The molecule has 0 radical (unpaired) electrons. The SMILES string of the molecule is CN1CCC(Nc2cnn(-c3ccc(C(F)(F)F)cn3)c(=O)c2Cl)C1=O. The van der Waals surface area contributed by atoms with Crippen molar-refractivity contribution in [1.82, 2.24) is 19.7 Å². The third kappa shape index (κ3) is 3.36. The monoisotopic (exact) mass is 387 g/mol. The topological polar surface area (TPSA) is 80.1 Å². The molecule has 138 valence electrons. The van der Waals surface area contributed by atoms with Crippen LogP contribution in [0.25, 0.3) is 5.82 Å². The Labute approximate surface area is 150 Å². The van der Waals surface area contributed by atoms with Gasteiger partial charge in [0.1, 0.15) is 11.1 Å². The fraction of sp³-hybridized carbons (Fsp3) is 0.333. The Hall–Kier alpha value is -2.62. The van der Waals surface area contributed by atoms with Crippen molar-refractivity contribution in [3.05, 3.63) is 45.5 Å². The normalized spacial score (nSPS) is 17.7. The summed E-state index contributed by atoms with van der Waals surface area (Å²) in [7, 11) is 1.66. The number of likely N-dealkylation sites (tertiary alicyclic amines) is 1. The van der Waals surface area contributed by atoms with Crippen LogP contribution in [0.2, 0.25) is 5.02 Å². The molecule has 1 aliphatic heterocycles. The van der Waals surface area contributed by atoms with Gasteiger partial charge in [0.05, 0.1) is 17.4 Å². The third-order valence-electron chi connectivity index (χ3n) is 3.97. The number of carbonyl (C=O) groups excluding carboxylic acids is 1. The first kappa shape index (κ1) is 18.2. The smallest absolute Gasteiger partial charge is 0.371 e. The number of amides is 1. The molecule has 0 aliphatic carbocycles. The molecule has 0 spiro atoms. The van der Waals surface area contributed by atoms with Crippen molar-refractivity contribution in [2.75, 3.05) is 18.9 Å². The van der Waals surface area contributed by atoms with Gasteiger partial charge in [-0.1, -0.05) is 11.6 Å². The summed E-state index contributed by atoms with van der Waals surface area (Å²) in [5.41, 5.74) is -1.53. The first-order valence-corrected chi connectivity index (χ1v) is 7.89. The molecule has 2 aromatic heterocycles. The van der Waals surface area contributed by atoms with Crippen LogP contribution in [0.5, 0.6) is 0 Å². The molecule has 1 unspecified atom stereocenters. The molecule has 3 rings (SSSR count). The molecule has 1 amide bonds. The minimum atomic E-state index is -4.53. The highest BCUT2D eigenvalue weighted by Crippen LogP contribution is 2.28. The number of hydrogen-bond acceptors (Lipinski definition) is 5. The van der Waals surface area contributed by atoms with Gasteiger partial charge in [0.15, 0.2) is 5.82 Å². The number of alkyl halides is 3. The number of pyridine rings is 1. The lowest BCUT2D eigenvalue weighted by Gasteiger charge is -2.15. The fourth-order valence-electron chi connectivity index (χ4n) is 2.52. The number of nitrogens with one attached hydrogen (secondary N) is 1. The predicted molar refractivity (Wildman–Crippen MR) is 87.3 cm³/mol. The van der Waals surface area contributed by atoms with Gasteiger partial charge >= 0.3 is 6.18 Å². The van der Waals surface area contributed by atoms with Gasteiger partial charge < -0.3 is 10.2 Å². The second-order valence-electron chi connectivity index (χ2n) is 5.74. The Morgan fingerprint density at radius 2 is 2.00 bits per heavy atom. The van der Waals surface area contributed by atoms with Crippen LogP contribution in [0.1, 0.15) is 12.0 Å². The first-order valence-electron chi connectivity index (χ1n) is 7.51. The molecule has 0 aromatic carbocycles. The predicted octanol–water partition coefficient (Wildman–Crippen LogP) is 1.94. The van der Waals surface area contributed by atoms with E-state index in [0.29, 0.717) is 19.2 Å². The van der Waals surface area contributed by atoms with E-state index < -0.39 is 23.3 Å². The molecule has 1 N–H and O–H groups in total. The van der Waals surface area contributed by atoms with E-state index in [1.54, 1.807) is 11.9 Å². The van der Waals surface area contributed by atoms with Crippen molar-refractivity contribution in [2.24, 2.45) is 0 Å². The van der Waals surface area contributed by atoms with Gasteiger partial charge in [-0.2, -0.15) is 23.0 Å². The molecule has 1 aliphatic rings. The summed E-state index contributed by atoms with van der Waals surface area (Å²) < 4.78 is 38.5. The number of likely N-dealkylation sites (N-methyl/N-ethyl adjacent to an activating group) is 1. The van der Waals surface area contributed by atoms with E-state index in [4.69, 9.17) is 11.6 Å². The Morgan fingerprint density at radius 3 is 2.54 bits per heavy atom. The molecular formula is C15H13ClF3N5O2. The number of aromatic nitrogens is 3. The van der Waals surface area contributed by atoms with Crippen LogP contribution in [-0.4, -0.2) is 45.2 Å². The van der Waals surface area contributed by atoms with E-state index >= 15 is 0 Å². The van der Waals surface area contributed by atoms with Gasteiger partial charge in [0, 0.05) is 19.8 Å². The molecule has 7 nitrogen and oxygen atoms in total. The lowest BCUT2D eigenvalue weighted by molar-refractivity contribution is -0.137. The van der Waals surface area contributed by atoms with E-state index in [2.05, 4.69) is 15.4 Å². The van der Waals surface area contributed by atoms with Gasteiger partial charge in [0.25, 0.3) is 5.56 Å². The zero-order chi connectivity index (χ0) is 19.1. The first-order chi connectivity index (χ1) is 12.2. The summed E-state index contributed by atoms with van der Waals surface area (Å²) in [5, 5.41) is 6.51. The molecular weight excluding hydrogens is 375 g/mol. The average molecular weight is 388 g/mol. The zero-order valence-corrected chi connectivity index (χ0v) is 14.2. The third-order valence-corrected chi connectivity index (χ3v) is 4.33. The highest BCUT2D eigenvalue weighted by Gasteiger charge is 2.31. The fourth-order valence-corrected chi connectivity index (χ4v) is 2.70.